The van der Waals surface area contributed by atoms with Crippen molar-refractivity contribution in [1.82, 2.24) is 14.5 Å². The topological polar surface area (TPSA) is 111 Å². The smallest absolute Gasteiger partial charge is 0.257 e. The van der Waals surface area contributed by atoms with Gasteiger partial charge in [0.1, 0.15) is 17.5 Å². The molecule has 194 valence electrons. The minimum absolute atomic E-state index is 0.0262. The zero-order chi connectivity index (χ0) is 26.5. The van der Waals surface area contributed by atoms with Gasteiger partial charge in [0.05, 0.1) is 35.4 Å². The molecule has 1 aliphatic heterocycles. The van der Waals surface area contributed by atoms with Crippen molar-refractivity contribution in [3.05, 3.63) is 59.1 Å². The predicted molar refractivity (Wildman–Crippen MR) is 135 cm³/mol. The Labute approximate surface area is 218 Å². The summed E-state index contributed by atoms with van der Waals surface area (Å²) in [5, 5.41) is 2.78. The fraction of sp³-hybridized carbons (Fsp3) is 0.320. The fourth-order valence-corrected chi connectivity index (χ4v) is 5.11. The summed E-state index contributed by atoms with van der Waals surface area (Å²) < 4.78 is 46.0. The third kappa shape index (κ3) is 5.47. The Morgan fingerprint density at radius 1 is 1.16 bits per heavy atom. The van der Waals surface area contributed by atoms with Gasteiger partial charge in [-0.3, -0.25) is 9.59 Å². The summed E-state index contributed by atoms with van der Waals surface area (Å²) in [7, 11) is -1.87. The van der Waals surface area contributed by atoms with Gasteiger partial charge in [-0.25, -0.2) is 17.8 Å². The maximum Gasteiger partial charge on any atom is 0.257 e. The minimum Gasteiger partial charge on any atom is -0.485 e. The third-order valence-corrected chi connectivity index (χ3v) is 7.58. The first-order chi connectivity index (χ1) is 17.5. The number of sulfone groups is 1. The Bertz CT molecular complexity index is 1510. The van der Waals surface area contributed by atoms with E-state index >= 15 is 0 Å². The zero-order valence-electron chi connectivity index (χ0n) is 20.1. The van der Waals surface area contributed by atoms with Crippen molar-refractivity contribution in [3.8, 4) is 17.1 Å². The van der Waals surface area contributed by atoms with Crippen molar-refractivity contribution in [3.63, 3.8) is 0 Å². The van der Waals surface area contributed by atoms with Crippen molar-refractivity contribution >= 4 is 38.9 Å². The molecule has 2 fully saturated rings. The van der Waals surface area contributed by atoms with Crippen molar-refractivity contribution in [2.45, 2.75) is 23.8 Å². The van der Waals surface area contributed by atoms with Gasteiger partial charge in [0.2, 0.25) is 5.91 Å². The second kappa shape index (κ2) is 9.46. The number of hydrogen-bond acceptors (Lipinski definition) is 6. The normalized spacial score (nSPS) is 15.8. The molecule has 2 amide bonds. The van der Waals surface area contributed by atoms with Crippen molar-refractivity contribution in [2.75, 3.05) is 24.7 Å². The maximum absolute atomic E-state index is 15.0. The number of carbonyl (C=O) groups excluding carboxylic acids is 2. The standard InChI is InChI=1S/C25H24ClFN4O5S/c1-30-11-15(24(32)29-17-6-16(26)7-20(8-17)37(2,34)35)5-22(30)23-21(27)9-18(10-28-23)36-19-12-31(13-19)25(33)14-3-4-14/h5-11,14,19H,3-4,12-13H2,1-2H3,(H,29,32). The number of anilines is 1. The molecule has 2 aliphatic rings. The Morgan fingerprint density at radius 2 is 1.89 bits per heavy atom. The van der Waals surface area contributed by atoms with Crippen molar-refractivity contribution in [2.24, 2.45) is 13.0 Å². The number of nitrogens with zero attached hydrogens (tertiary/aromatic N) is 3. The lowest BCUT2D eigenvalue weighted by molar-refractivity contribution is -0.141. The number of carbonyl (C=O) groups is 2. The van der Waals surface area contributed by atoms with Crippen LogP contribution in [0.1, 0.15) is 23.2 Å². The summed E-state index contributed by atoms with van der Waals surface area (Å²) >= 11 is 6.01. The molecule has 12 heteroatoms. The number of halogens is 2. The minimum atomic E-state index is -3.53. The molecular weight excluding hydrogens is 523 g/mol. The van der Waals surface area contributed by atoms with E-state index in [1.54, 1.807) is 16.5 Å². The van der Waals surface area contributed by atoms with E-state index < -0.39 is 21.6 Å². The quantitative estimate of drug-likeness (QED) is 0.485. The number of rotatable bonds is 7. The number of amides is 2. The molecule has 1 saturated carbocycles. The van der Waals surface area contributed by atoms with Crippen LogP contribution in [0.3, 0.4) is 0 Å². The Hall–Kier alpha value is -3.44. The highest BCUT2D eigenvalue weighted by Crippen LogP contribution is 2.33. The molecule has 0 atom stereocenters. The van der Waals surface area contributed by atoms with Gasteiger partial charge in [-0.15, -0.1) is 0 Å². The van der Waals surface area contributed by atoms with Gasteiger partial charge >= 0.3 is 0 Å². The number of ether oxygens (including phenoxy) is 1. The summed E-state index contributed by atoms with van der Waals surface area (Å²) in [6, 6.07) is 6.76. The number of hydrogen-bond donors (Lipinski definition) is 1. The first-order valence-electron chi connectivity index (χ1n) is 11.6. The Kier molecular flexibility index (Phi) is 6.45. The Morgan fingerprint density at radius 3 is 2.54 bits per heavy atom. The average Bonchev–Trinajstić information content (AvgIpc) is 3.57. The average molecular weight is 547 g/mol. The second-order valence-corrected chi connectivity index (χ2v) is 11.8. The van der Waals surface area contributed by atoms with Crippen LogP contribution in [0.25, 0.3) is 11.4 Å². The van der Waals surface area contributed by atoms with Crippen molar-refractivity contribution < 1.29 is 27.1 Å². The molecule has 0 radical (unpaired) electrons. The van der Waals surface area contributed by atoms with Crippen LogP contribution in [-0.4, -0.2) is 60.1 Å². The molecule has 3 heterocycles. The second-order valence-electron chi connectivity index (χ2n) is 9.39. The number of benzene rings is 1. The Balaban J connectivity index is 1.27. The van der Waals surface area contributed by atoms with Crippen LogP contribution < -0.4 is 10.1 Å². The lowest BCUT2D eigenvalue weighted by Crippen LogP contribution is -2.56. The van der Waals surface area contributed by atoms with E-state index in [1.807, 2.05) is 0 Å². The summed E-state index contributed by atoms with van der Waals surface area (Å²) in [5.41, 5.74) is 0.828. The predicted octanol–water partition coefficient (Wildman–Crippen LogP) is 3.54. The molecule has 5 rings (SSSR count). The van der Waals surface area contributed by atoms with Crippen LogP contribution in [-0.2, 0) is 21.7 Å². The molecule has 2 aromatic heterocycles. The molecule has 1 N–H and O–H groups in total. The summed E-state index contributed by atoms with van der Waals surface area (Å²) in [6.07, 6.45) is 5.67. The molecule has 9 nitrogen and oxygen atoms in total. The van der Waals surface area contributed by atoms with Gasteiger partial charge in [-0.1, -0.05) is 11.6 Å². The zero-order valence-corrected chi connectivity index (χ0v) is 21.6. The third-order valence-electron chi connectivity index (χ3n) is 6.27. The van der Waals surface area contributed by atoms with Crippen LogP contribution in [0.2, 0.25) is 5.02 Å². The summed E-state index contributed by atoms with van der Waals surface area (Å²) in [4.78, 5) is 30.8. The monoisotopic (exact) mass is 546 g/mol. The number of aryl methyl sites for hydroxylation is 1. The molecule has 0 bridgehead atoms. The summed E-state index contributed by atoms with van der Waals surface area (Å²) in [6.45, 7) is 0.959. The maximum atomic E-state index is 15.0. The van der Waals surface area contributed by atoms with E-state index in [-0.39, 0.29) is 50.5 Å². The van der Waals surface area contributed by atoms with E-state index in [2.05, 4.69) is 10.3 Å². The molecule has 1 aliphatic carbocycles. The van der Waals surface area contributed by atoms with Gasteiger partial charge in [0.15, 0.2) is 15.7 Å². The highest BCUT2D eigenvalue weighted by atomic mass is 35.5. The van der Waals surface area contributed by atoms with Crippen LogP contribution in [0.5, 0.6) is 5.75 Å². The van der Waals surface area contributed by atoms with E-state index in [1.165, 1.54) is 42.7 Å². The van der Waals surface area contributed by atoms with Crippen LogP contribution in [0.4, 0.5) is 10.1 Å². The number of nitrogens with one attached hydrogen (secondary N) is 1. The molecule has 1 saturated heterocycles. The van der Waals surface area contributed by atoms with Crippen LogP contribution in [0, 0.1) is 11.7 Å². The molecule has 1 aromatic carbocycles. The SMILES string of the molecule is Cn1cc(C(=O)Nc2cc(Cl)cc(S(C)(=O)=O)c2)cc1-c1ncc(OC2CN(C(=O)C3CC3)C2)cc1F. The number of aromatic nitrogens is 2. The molecule has 0 unspecified atom stereocenters. The number of pyridine rings is 1. The van der Waals surface area contributed by atoms with Gasteiger partial charge in [0.25, 0.3) is 5.91 Å². The van der Waals surface area contributed by atoms with E-state index in [4.69, 9.17) is 16.3 Å². The van der Waals surface area contributed by atoms with Gasteiger partial charge < -0.3 is 19.5 Å². The van der Waals surface area contributed by atoms with E-state index in [9.17, 15) is 22.4 Å². The lowest BCUT2D eigenvalue weighted by atomic mass is 10.1. The first kappa shape index (κ1) is 25.2. The molecular formula is C25H24ClFN4O5S. The van der Waals surface area contributed by atoms with Crippen molar-refractivity contribution in [1.29, 1.82) is 0 Å². The van der Waals surface area contributed by atoms with Gasteiger partial charge in [0, 0.05) is 42.2 Å². The van der Waals surface area contributed by atoms with Crippen LogP contribution in [0.15, 0.2) is 47.6 Å². The van der Waals surface area contributed by atoms with E-state index in [0.717, 1.165) is 19.1 Å². The summed E-state index contributed by atoms with van der Waals surface area (Å²) in [5.74, 6) is -0.566. The lowest BCUT2D eigenvalue weighted by Gasteiger charge is -2.39. The highest BCUT2D eigenvalue weighted by molar-refractivity contribution is 7.90. The molecule has 0 spiro atoms. The fourth-order valence-electron chi connectivity index (χ4n) is 4.12. The van der Waals surface area contributed by atoms with Gasteiger partial charge in [-0.05, 0) is 37.1 Å². The van der Waals surface area contributed by atoms with E-state index in [0.29, 0.717) is 18.8 Å². The highest BCUT2D eigenvalue weighted by Gasteiger charge is 2.40. The van der Waals surface area contributed by atoms with Crippen LogP contribution >= 0.6 is 11.6 Å². The first-order valence-corrected chi connectivity index (χ1v) is 13.8. The molecule has 3 aromatic rings. The number of likely N-dealkylation sites (tertiary alicyclic amines) is 1. The largest absolute Gasteiger partial charge is 0.485 e. The van der Waals surface area contributed by atoms with Gasteiger partial charge in [-0.2, -0.15) is 0 Å². The molecule has 37 heavy (non-hydrogen) atoms.